The quantitative estimate of drug-likeness (QED) is 0.0237. The molecule has 21 nitrogen and oxygen atoms in total. The van der Waals surface area contributed by atoms with E-state index in [4.69, 9.17) is 20.4 Å². The molecule has 21 heteroatoms. The number of carboxylic acid groups (broad SMARTS) is 3. The van der Waals surface area contributed by atoms with Gasteiger partial charge in [-0.1, -0.05) is 84.0 Å². The lowest BCUT2D eigenvalue weighted by Crippen LogP contribution is -2.48. The first-order chi connectivity index (χ1) is 32.0. The van der Waals surface area contributed by atoms with Crippen molar-refractivity contribution in [2.24, 2.45) is 11.3 Å². The highest BCUT2D eigenvalue weighted by atomic mass is 16.5. The van der Waals surface area contributed by atoms with E-state index in [1.807, 2.05) is 0 Å². The van der Waals surface area contributed by atoms with Gasteiger partial charge in [-0.2, -0.15) is 0 Å². The van der Waals surface area contributed by atoms with E-state index in [9.17, 15) is 48.6 Å². The van der Waals surface area contributed by atoms with Gasteiger partial charge in [0, 0.05) is 63.8 Å². The van der Waals surface area contributed by atoms with Crippen molar-refractivity contribution in [1.82, 2.24) is 37.3 Å². The number of carboxylic acids is 3. The number of carbonyl (C=O) groups excluding carboxylic acids is 5. The van der Waals surface area contributed by atoms with Crippen molar-refractivity contribution in [2.75, 3.05) is 52.6 Å². The van der Waals surface area contributed by atoms with Crippen LogP contribution in [-0.2, 0) is 47.8 Å². The number of amides is 5. The van der Waals surface area contributed by atoms with E-state index in [-0.39, 0.29) is 82.9 Å². The van der Waals surface area contributed by atoms with E-state index in [1.165, 1.54) is 6.20 Å². The number of hydrazine groups is 1. The predicted molar refractivity (Wildman–Crippen MR) is 252 cm³/mol. The Hall–Kier alpha value is -5.02. The van der Waals surface area contributed by atoms with Gasteiger partial charge in [-0.05, 0) is 46.0 Å². The minimum Gasteiger partial charge on any atom is -0.481 e. The van der Waals surface area contributed by atoms with Crippen LogP contribution < -0.4 is 43.2 Å². The van der Waals surface area contributed by atoms with Crippen molar-refractivity contribution >= 4 is 47.4 Å². The number of hydrogen-bond donors (Lipinski definition) is 11. The van der Waals surface area contributed by atoms with Gasteiger partial charge in [0.05, 0.1) is 31.7 Å². The summed E-state index contributed by atoms with van der Waals surface area (Å²) in [6, 6.07) is -2.20. The molecule has 0 saturated carbocycles. The van der Waals surface area contributed by atoms with Crippen LogP contribution in [0.1, 0.15) is 162 Å². The molecule has 0 aliphatic rings. The van der Waals surface area contributed by atoms with Crippen LogP contribution in [0.2, 0.25) is 0 Å². The van der Waals surface area contributed by atoms with Gasteiger partial charge in [0.15, 0.2) is 0 Å². The summed E-state index contributed by atoms with van der Waals surface area (Å²) < 4.78 is 10.7. The number of ether oxygens (including phenoxy) is 2. The highest BCUT2D eigenvalue weighted by molar-refractivity contribution is 5.90. The van der Waals surface area contributed by atoms with Crippen molar-refractivity contribution in [1.29, 1.82) is 0 Å². The maximum absolute atomic E-state index is 12.4. The molecule has 0 bridgehead atoms. The molecule has 2 atom stereocenters. The van der Waals surface area contributed by atoms with Gasteiger partial charge in [0.2, 0.25) is 29.5 Å². The van der Waals surface area contributed by atoms with Crippen LogP contribution in [-0.4, -0.2) is 127 Å². The Labute approximate surface area is 397 Å². The smallest absolute Gasteiger partial charge is 0.326 e. The molecule has 0 heterocycles. The standard InChI is InChI=1S/C46H84N8O13/c1-4-38(55)53-37(31-42(59)60)43(61)51-27-28-66-29-30-67-34-41(58)50-25-20-16-12-7-5-9-13-17-21-39(56)49-24-19-15-11-8-6-10-14-18-22-40(57)52-36(44(62)63)23-26-48-33-35(54-47)32-46(2,3)45(64)65/h33,36-37,48,54H,4-32,34,47H2,1-3H3,(H,49,56)(H,50,58)(H,51,61)(H,52,57)(H,53,55)(H,59,60)(H,62,63)(H,64,65)/b35-33-. The van der Waals surface area contributed by atoms with E-state index in [2.05, 4.69) is 37.3 Å². The third-order valence-corrected chi connectivity index (χ3v) is 10.7. The van der Waals surface area contributed by atoms with Crippen LogP contribution >= 0.6 is 0 Å². The molecule has 67 heavy (non-hydrogen) atoms. The average Bonchev–Trinajstić information content (AvgIpc) is 3.27. The van der Waals surface area contributed by atoms with Crippen molar-refractivity contribution < 1.29 is 63.1 Å². The maximum Gasteiger partial charge on any atom is 0.326 e. The molecule has 0 fully saturated rings. The van der Waals surface area contributed by atoms with Crippen molar-refractivity contribution in [3.63, 3.8) is 0 Å². The molecule has 0 aliphatic heterocycles. The van der Waals surface area contributed by atoms with Crippen LogP contribution in [0.15, 0.2) is 11.9 Å². The Morgan fingerprint density at radius 1 is 0.582 bits per heavy atom. The molecule has 0 rings (SSSR count). The second-order valence-corrected chi connectivity index (χ2v) is 17.3. The van der Waals surface area contributed by atoms with Gasteiger partial charge in [0.1, 0.15) is 18.7 Å². The fraction of sp³-hybridized carbons (Fsp3) is 0.783. The summed E-state index contributed by atoms with van der Waals surface area (Å²) in [4.78, 5) is 94.2. The summed E-state index contributed by atoms with van der Waals surface area (Å²) in [5.41, 5.74) is 1.88. The predicted octanol–water partition coefficient (Wildman–Crippen LogP) is 3.11. The normalized spacial score (nSPS) is 12.3. The average molecular weight is 957 g/mol. The van der Waals surface area contributed by atoms with E-state index in [0.717, 1.165) is 96.3 Å². The highest BCUT2D eigenvalue weighted by Crippen LogP contribution is 2.23. The molecule has 0 spiro atoms. The van der Waals surface area contributed by atoms with Crippen molar-refractivity contribution in [3.05, 3.63) is 11.9 Å². The summed E-state index contributed by atoms with van der Waals surface area (Å²) >= 11 is 0. The second kappa shape index (κ2) is 40.1. The first kappa shape index (κ1) is 62.0. The number of carbonyl (C=O) groups is 8. The molecule has 0 aromatic rings. The topological polar surface area (TPSA) is 326 Å². The fourth-order valence-electron chi connectivity index (χ4n) is 6.61. The number of rotatable bonds is 45. The molecule has 0 aromatic heterocycles. The van der Waals surface area contributed by atoms with Gasteiger partial charge in [0.25, 0.3) is 0 Å². The second-order valence-electron chi connectivity index (χ2n) is 17.3. The third kappa shape index (κ3) is 36.7. The summed E-state index contributed by atoms with van der Waals surface area (Å²) in [7, 11) is 0. The van der Waals surface area contributed by atoms with Crippen LogP contribution in [0.3, 0.4) is 0 Å². The minimum atomic E-state index is -1.20. The fourth-order valence-corrected chi connectivity index (χ4v) is 6.61. The van der Waals surface area contributed by atoms with Crippen LogP contribution in [0.25, 0.3) is 0 Å². The molecule has 0 radical (unpaired) electrons. The molecule has 12 N–H and O–H groups in total. The molecule has 0 aromatic carbocycles. The zero-order chi connectivity index (χ0) is 50.1. The molecule has 0 aliphatic carbocycles. The zero-order valence-electron chi connectivity index (χ0n) is 40.4. The number of aliphatic carboxylic acids is 3. The lowest BCUT2D eigenvalue weighted by Gasteiger charge is -2.21. The number of hydrogen-bond acceptors (Lipinski definition) is 13. The first-order valence-electron chi connectivity index (χ1n) is 24.1. The SMILES string of the molecule is CCC(=O)NC(CC(=O)O)C(=O)NCCOCCOCC(=O)NCCCCCCCCCCC(=O)NCCCCCCCCCCC(=O)NC(CCN/C=C(/CC(C)(C)C(=O)O)NN)C(=O)O. The third-order valence-electron chi connectivity index (χ3n) is 10.7. The van der Waals surface area contributed by atoms with Gasteiger partial charge >= 0.3 is 17.9 Å². The summed E-state index contributed by atoms with van der Waals surface area (Å²) in [5, 5.41) is 44.0. The van der Waals surface area contributed by atoms with Crippen molar-refractivity contribution in [2.45, 2.75) is 174 Å². The lowest BCUT2D eigenvalue weighted by molar-refractivity contribution is -0.147. The number of nitrogens with two attached hydrogens (primary N) is 1. The van der Waals surface area contributed by atoms with Crippen molar-refractivity contribution in [3.8, 4) is 0 Å². The van der Waals surface area contributed by atoms with Gasteiger partial charge < -0.3 is 62.1 Å². The lowest BCUT2D eigenvalue weighted by atomic mass is 9.88. The van der Waals surface area contributed by atoms with E-state index in [0.29, 0.717) is 31.6 Å². The first-order valence-corrected chi connectivity index (χ1v) is 24.1. The number of nitrogens with one attached hydrogen (secondary N) is 7. The largest absolute Gasteiger partial charge is 0.481 e. The van der Waals surface area contributed by atoms with Gasteiger partial charge in [-0.3, -0.25) is 39.4 Å². The minimum absolute atomic E-state index is 0.0823. The molecular weight excluding hydrogens is 873 g/mol. The monoisotopic (exact) mass is 957 g/mol. The Balaban J connectivity index is 3.67. The van der Waals surface area contributed by atoms with Gasteiger partial charge in [-0.25, -0.2) is 4.79 Å². The Morgan fingerprint density at radius 2 is 1.09 bits per heavy atom. The maximum atomic E-state index is 12.4. The number of unbranched alkanes of at least 4 members (excludes halogenated alkanes) is 14. The van der Waals surface area contributed by atoms with E-state index in [1.54, 1.807) is 20.8 Å². The summed E-state index contributed by atoms with van der Waals surface area (Å²) in [6.45, 7) is 6.86. The van der Waals surface area contributed by atoms with E-state index < -0.39 is 53.6 Å². The zero-order valence-corrected chi connectivity index (χ0v) is 40.4. The molecule has 0 saturated heterocycles. The summed E-state index contributed by atoms with van der Waals surface area (Å²) in [6.07, 6.45) is 18.2. The van der Waals surface area contributed by atoms with Crippen LogP contribution in [0.4, 0.5) is 0 Å². The van der Waals surface area contributed by atoms with Gasteiger partial charge in [-0.15, -0.1) is 0 Å². The Kier molecular flexibility index (Phi) is 37.1. The van der Waals surface area contributed by atoms with E-state index >= 15 is 0 Å². The molecule has 386 valence electrons. The molecular formula is C46H84N8O13. The Morgan fingerprint density at radius 3 is 1.61 bits per heavy atom. The molecule has 2 unspecified atom stereocenters. The Bertz CT molecular complexity index is 1480. The molecule has 5 amide bonds. The number of allylic oxidation sites excluding steroid dienone is 1. The van der Waals surface area contributed by atoms with Crippen LogP contribution in [0.5, 0.6) is 0 Å². The summed E-state index contributed by atoms with van der Waals surface area (Å²) in [5.74, 6) is 0.765. The van der Waals surface area contributed by atoms with Crippen LogP contribution in [0, 0.1) is 5.41 Å². The highest BCUT2D eigenvalue weighted by Gasteiger charge is 2.28.